The van der Waals surface area contributed by atoms with Gasteiger partial charge in [0.2, 0.25) is 0 Å². The fourth-order valence-electron chi connectivity index (χ4n) is 1.83. The van der Waals surface area contributed by atoms with Gasteiger partial charge in [-0.3, -0.25) is 4.72 Å². The summed E-state index contributed by atoms with van der Waals surface area (Å²) >= 11 is 0. The summed E-state index contributed by atoms with van der Waals surface area (Å²) < 4.78 is 60.6. The number of hydrogen-bond acceptors (Lipinski definition) is 3. The number of hydrogen-bond donors (Lipinski definition) is 2. The molecule has 18 heavy (non-hydrogen) atoms. The minimum absolute atomic E-state index is 0.00586. The average molecular weight is 280 g/mol. The monoisotopic (exact) mass is 280 g/mol. The van der Waals surface area contributed by atoms with Crippen LogP contribution in [0.3, 0.4) is 0 Å². The smallest absolute Gasteiger partial charge is 0.312 e. The van der Waals surface area contributed by atoms with Crippen LogP contribution in [0, 0.1) is 0 Å². The van der Waals surface area contributed by atoms with E-state index in [-0.39, 0.29) is 5.69 Å². The molecule has 0 radical (unpaired) electrons. The molecule has 0 bridgehead atoms. The van der Waals surface area contributed by atoms with E-state index in [1.807, 2.05) is 0 Å². The van der Waals surface area contributed by atoms with Gasteiger partial charge in [0.1, 0.15) is 0 Å². The van der Waals surface area contributed by atoms with Crippen LogP contribution in [0.5, 0.6) is 0 Å². The highest BCUT2D eigenvalue weighted by molar-refractivity contribution is 7.93. The van der Waals surface area contributed by atoms with Crippen molar-refractivity contribution in [2.75, 3.05) is 11.3 Å². The van der Waals surface area contributed by atoms with Gasteiger partial charge in [-0.25, -0.2) is 0 Å². The van der Waals surface area contributed by atoms with Crippen molar-refractivity contribution >= 4 is 15.7 Å². The fourth-order valence-corrected chi connectivity index (χ4v) is 2.43. The highest BCUT2D eigenvalue weighted by atomic mass is 32.2. The second-order valence-electron chi connectivity index (χ2n) is 3.92. The maximum Gasteiger partial charge on any atom is 0.516 e. The molecule has 2 rings (SSSR count). The first-order valence-electron chi connectivity index (χ1n) is 5.22. The van der Waals surface area contributed by atoms with Crippen molar-refractivity contribution < 1.29 is 21.6 Å². The van der Waals surface area contributed by atoms with Gasteiger partial charge in [0.05, 0.1) is 5.69 Å². The molecular formula is C10H11F3N2O2S. The molecule has 0 spiro atoms. The van der Waals surface area contributed by atoms with Crippen LogP contribution in [0.15, 0.2) is 18.2 Å². The Kier molecular flexibility index (Phi) is 3.24. The largest absolute Gasteiger partial charge is 0.516 e. The van der Waals surface area contributed by atoms with Gasteiger partial charge in [-0.1, -0.05) is 12.1 Å². The third kappa shape index (κ3) is 2.44. The Morgan fingerprint density at radius 3 is 2.67 bits per heavy atom. The van der Waals surface area contributed by atoms with Crippen LogP contribution < -0.4 is 10.0 Å². The van der Waals surface area contributed by atoms with Crippen molar-refractivity contribution in [2.45, 2.75) is 18.5 Å². The molecular weight excluding hydrogens is 269 g/mol. The van der Waals surface area contributed by atoms with E-state index in [1.165, 1.54) is 12.1 Å². The molecule has 0 saturated carbocycles. The predicted octanol–water partition coefficient (Wildman–Crippen LogP) is 1.59. The molecule has 0 saturated heterocycles. The van der Waals surface area contributed by atoms with Gasteiger partial charge in [0.15, 0.2) is 0 Å². The third-order valence-electron chi connectivity index (χ3n) is 2.69. The number of alkyl halides is 3. The van der Waals surface area contributed by atoms with E-state index in [1.54, 1.807) is 10.8 Å². The topological polar surface area (TPSA) is 58.2 Å². The van der Waals surface area contributed by atoms with E-state index >= 15 is 0 Å². The van der Waals surface area contributed by atoms with Gasteiger partial charge in [0, 0.05) is 6.54 Å². The van der Waals surface area contributed by atoms with Crippen LogP contribution >= 0.6 is 0 Å². The molecule has 0 fully saturated rings. The molecule has 0 amide bonds. The molecule has 100 valence electrons. The van der Waals surface area contributed by atoms with Crippen molar-refractivity contribution in [3.8, 4) is 0 Å². The highest BCUT2D eigenvalue weighted by Gasteiger charge is 2.46. The van der Waals surface area contributed by atoms with Crippen molar-refractivity contribution in [3.05, 3.63) is 29.3 Å². The lowest BCUT2D eigenvalue weighted by Gasteiger charge is -2.21. The normalized spacial score (nSPS) is 16.2. The van der Waals surface area contributed by atoms with Crippen LogP contribution in [-0.4, -0.2) is 20.5 Å². The Balaban J connectivity index is 2.36. The number of nitrogens with one attached hydrogen (secondary N) is 2. The summed E-state index contributed by atoms with van der Waals surface area (Å²) in [6.07, 6.45) is 0.492. The van der Waals surface area contributed by atoms with Gasteiger partial charge in [-0.2, -0.15) is 21.6 Å². The van der Waals surface area contributed by atoms with Crippen LogP contribution in [0.1, 0.15) is 11.1 Å². The first-order chi connectivity index (χ1) is 8.31. The minimum Gasteiger partial charge on any atom is -0.312 e. The van der Waals surface area contributed by atoms with Crippen LogP contribution in [-0.2, 0) is 23.0 Å². The molecule has 1 heterocycles. The highest BCUT2D eigenvalue weighted by Crippen LogP contribution is 2.29. The lowest BCUT2D eigenvalue weighted by Crippen LogP contribution is -2.31. The fraction of sp³-hybridized carbons (Fsp3) is 0.400. The molecule has 0 aromatic heterocycles. The molecule has 0 aliphatic carbocycles. The average Bonchev–Trinajstić information content (AvgIpc) is 2.27. The molecule has 1 aromatic carbocycles. The number of anilines is 1. The lowest BCUT2D eigenvalue weighted by atomic mass is 9.99. The summed E-state index contributed by atoms with van der Waals surface area (Å²) in [4.78, 5) is 0. The first kappa shape index (κ1) is 13.2. The summed E-state index contributed by atoms with van der Waals surface area (Å²) in [6, 6.07) is 4.63. The van der Waals surface area contributed by atoms with Crippen LogP contribution in [0.25, 0.3) is 0 Å². The Morgan fingerprint density at radius 1 is 1.28 bits per heavy atom. The Morgan fingerprint density at radius 2 is 2.00 bits per heavy atom. The summed E-state index contributed by atoms with van der Waals surface area (Å²) in [6.45, 7) is 1.13. The van der Waals surface area contributed by atoms with Gasteiger partial charge in [-0.15, -0.1) is 0 Å². The summed E-state index contributed by atoms with van der Waals surface area (Å²) in [5.74, 6) is 0. The molecule has 0 atom stereocenters. The Bertz CT molecular complexity index is 555. The first-order valence-corrected chi connectivity index (χ1v) is 6.70. The SMILES string of the molecule is O=S(=O)(Nc1cccc2c1CCNC2)C(F)(F)F. The minimum atomic E-state index is -5.35. The van der Waals surface area contributed by atoms with Crippen molar-refractivity contribution in [3.63, 3.8) is 0 Å². The number of halogens is 3. The van der Waals surface area contributed by atoms with E-state index in [4.69, 9.17) is 0 Å². The predicted molar refractivity (Wildman–Crippen MR) is 60.5 cm³/mol. The molecule has 0 unspecified atom stereocenters. The van der Waals surface area contributed by atoms with Gasteiger partial charge < -0.3 is 5.32 Å². The maximum absolute atomic E-state index is 12.3. The van der Waals surface area contributed by atoms with Crippen molar-refractivity contribution in [1.82, 2.24) is 5.32 Å². The number of benzene rings is 1. The second-order valence-corrected chi connectivity index (χ2v) is 5.60. The van der Waals surface area contributed by atoms with E-state index in [0.717, 1.165) is 5.56 Å². The standard InChI is InChI=1S/C10H11F3N2O2S/c11-10(12,13)18(16,17)15-9-3-1-2-7-6-14-5-4-8(7)9/h1-3,14-15H,4-6H2. The summed E-state index contributed by atoms with van der Waals surface area (Å²) in [5.41, 5.74) is -3.87. The van der Waals surface area contributed by atoms with Crippen LogP contribution in [0.2, 0.25) is 0 Å². The molecule has 1 aliphatic heterocycles. The van der Waals surface area contributed by atoms with Crippen molar-refractivity contribution in [1.29, 1.82) is 0 Å². The maximum atomic E-state index is 12.3. The van der Waals surface area contributed by atoms with Crippen molar-refractivity contribution in [2.24, 2.45) is 0 Å². The van der Waals surface area contributed by atoms with Gasteiger partial charge in [-0.05, 0) is 30.2 Å². The summed E-state index contributed by atoms with van der Waals surface area (Å²) in [5, 5.41) is 3.06. The molecule has 8 heteroatoms. The molecule has 2 N–H and O–H groups in total. The van der Waals surface area contributed by atoms with E-state index in [2.05, 4.69) is 5.32 Å². The molecule has 1 aliphatic rings. The Hall–Kier alpha value is -1.28. The van der Waals surface area contributed by atoms with E-state index in [9.17, 15) is 21.6 Å². The zero-order valence-electron chi connectivity index (χ0n) is 9.21. The third-order valence-corrected chi connectivity index (χ3v) is 3.79. The zero-order valence-corrected chi connectivity index (χ0v) is 10.0. The van der Waals surface area contributed by atoms with E-state index < -0.39 is 15.5 Å². The zero-order chi connectivity index (χ0) is 13.4. The lowest BCUT2D eigenvalue weighted by molar-refractivity contribution is -0.0429. The Labute approximate surface area is 102 Å². The number of fused-ring (bicyclic) bond motifs is 1. The van der Waals surface area contributed by atoms with Crippen LogP contribution in [0.4, 0.5) is 18.9 Å². The second kappa shape index (κ2) is 4.43. The number of rotatable bonds is 2. The molecule has 1 aromatic rings. The molecule has 4 nitrogen and oxygen atoms in total. The summed E-state index contributed by atoms with van der Waals surface area (Å²) in [7, 11) is -5.35. The van der Waals surface area contributed by atoms with E-state index in [0.29, 0.717) is 25.1 Å². The van der Waals surface area contributed by atoms with Gasteiger partial charge >= 0.3 is 15.5 Å². The quantitative estimate of drug-likeness (QED) is 0.865. The van der Waals surface area contributed by atoms with Gasteiger partial charge in [0.25, 0.3) is 0 Å². The number of sulfonamides is 1.